The highest BCUT2D eigenvalue weighted by Crippen LogP contribution is 2.25. The lowest BCUT2D eigenvalue weighted by molar-refractivity contribution is -0.00625. The monoisotopic (exact) mass is 272 g/mol. The van der Waals surface area contributed by atoms with Crippen molar-refractivity contribution < 1.29 is 9.47 Å². The Bertz CT molecular complexity index is 410. The van der Waals surface area contributed by atoms with E-state index in [0.717, 1.165) is 13.0 Å². The predicted molar refractivity (Wildman–Crippen MR) is 70.3 cm³/mol. The molecule has 6 nitrogen and oxygen atoms in total. The summed E-state index contributed by atoms with van der Waals surface area (Å²) in [5.41, 5.74) is -0.298. The van der Waals surface area contributed by atoms with Gasteiger partial charge in [-0.1, -0.05) is 11.6 Å². The number of hydrogen-bond donors (Lipinski definition) is 2. The van der Waals surface area contributed by atoms with E-state index in [-0.39, 0.29) is 5.60 Å². The van der Waals surface area contributed by atoms with Crippen molar-refractivity contribution in [1.29, 1.82) is 0 Å². The van der Waals surface area contributed by atoms with Gasteiger partial charge in [-0.2, -0.15) is 4.98 Å². The molecule has 0 amide bonds. The van der Waals surface area contributed by atoms with Crippen LogP contribution < -0.4 is 10.6 Å². The van der Waals surface area contributed by atoms with Crippen LogP contribution in [-0.2, 0) is 9.47 Å². The van der Waals surface area contributed by atoms with Gasteiger partial charge in [0.25, 0.3) is 0 Å². The van der Waals surface area contributed by atoms with Gasteiger partial charge in [0.2, 0.25) is 5.95 Å². The molecule has 1 aromatic heterocycles. The van der Waals surface area contributed by atoms with Crippen molar-refractivity contribution in [2.24, 2.45) is 0 Å². The lowest BCUT2D eigenvalue weighted by Crippen LogP contribution is -2.39. The van der Waals surface area contributed by atoms with Crippen molar-refractivity contribution in [1.82, 2.24) is 9.97 Å². The van der Waals surface area contributed by atoms with Crippen LogP contribution in [0, 0.1) is 0 Å². The molecule has 7 heteroatoms. The van der Waals surface area contributed by atoms with Crippen LogP contribution >= 0.6 is 11.6 Å². The molecule has 1 aliphatic heterocycles. The van der Waals surface area contributed by atoms with Crippen LogP contribution in [0.3, 0.4) is 0 Å². The summed E-state index contributed by atoms with van der Waals surface area (Å²) in [5, 5.41) is 6.55. The average molecular weight is 273 g/mol. The number of rotatable bonds is 5. The van der Waals surface area contributed by atoms with Gasteiger partial charge in [0, 0.05) is 33.7 Å². The highest BCUT2D eigenvalue weighted by molar-refractivity contribution is 6.32. The minimum atomic E-state index is -0.298. The molecule has 1 fully saturated rings. The number of halogens is 1. The fraction of sp³-hybridized carbons (Fsp3) is 0.636. The number of ether oxygens (including phenoxy) is 2. The molecule has 2 heterocycles. The van der Waals surface area contributed by atoms with Crippen molar-refractivity contribution in [3.63, 3.8) is 0 Å². The molecule has 0 aliphatic carbocycles. The minimum Gasteiger partial charge on any atom is -0.378 e. The smallest absolute Gasteiger partial charge is 0.224 e. The number of anilines is 2. The van der Waals surface area contributed by atoms with Crippen LogP contribution in [0.4, 0.5) is 11.8 Å². The van der Waals surface area contributed by atoms with Crippen molar-refractivity contribution >= 4 is 23.4 Å². The third kappa shape index (κ3) is 2.82. The van der Waals surface area contributed by atoms with Gasteiger partial charge in [0.1, 0.15) is 10.6 Å². The van der Waals surface area contributed by atoms with Crippen LogP contribution in [0.2, 0.25) is 5.02 Å². The van der Waals surface area contributed by atoms with E-state index in [1.807, 2.05) is 0 Å². The van der Waals surface area contributed by atoms with Gasteiger partial charge >= 0.3 is 0 Å². The zero-order chi connectivity index (χ0) is 13.0. The zero-order valence-electron chi connectivity index (χ0n) is 10.5. The van der Waals surface area contributed by atoms with Crippen molar-refractivity contribution in [2.45, 2.75) is 12.0 Å². The molecule has 1 unspecified atom stereocenters. The maximum absolute atomic E-state index is 6.04. The van der Waals surface area contributed by atoms with Crippen LogP contribution in [0.5, 0.6) is 0 Å². The maximum atomic E-state index is 6.04. The van der Waals surface area contributed by atoms with Crippen LogP contribution in [0.1, 0.15) is 6.42 Å². The van der Waals surface area contributed by atoms with E-state index in [4.69, 9.17) is 21.1 Å². The summed E-state index contributed by atoms with van der Waals surface area (Å²) in [7, 11) is 3.45. The topological polar surface area (TPSA) is 68.3 Å². The third-order valence-corrected chi connectivity index (χ3v) is 3.32. The van der Waals surface area contributed by atoms with E-state index in [2.05, 4.69) is 20.6 Å². The molecule has 0 bridgehead atoms. The Hall–Kier alpha value is -1.11. The zero-order valence-corrected chi connectivity index (χ0v) is 11.3. The lowest BCUT2D eigenvalue weighted by Gasteiger charge is -2.26. The molecule has 0 radical (unpaired) electrons. The van der Waals surface area contributed by atoms with Crippen LogP contribution in [0.15, 0.2) is 6.20 Å². The standard InChI is InChI=1S/C11H17ClN4O2/c1-13-10-14-5-8(12)9(16-10)15-6-11(17-2)3-4-18-7-11/h5H,3-4,6-7H2,1-2H3,(H2,13,14,15,16). The van der Waals surface area contributed by atoms with Gasteiger partial charge in [0.05, 0.1) is 12.8 Å². The van der Waals surface area contributed by atoms with E-state index in [0.29, 0.717) is 29.9 Å². The largest absolute Gasteiger partial charge is 0.378 e. The first-order chi connectivity index (χ1) is 8.69. The number of methoxy groups -OCH3 is 1. The summed E-state index contributed by atoms with van der Waals surface area (Å²) in [6.07, 6.45) is 2.42. The summed E-state index contributed by atoms with van der Waals surface area (Å²) < 4.78 is 10.9. The summed E-state index contributed by atoms with van der Waals surface area (Å²) >= 11 is 6.04. The Morgan fingerprint density at radius 3 is 3.06 bits per heavy atom. The SMILES string of the molecule is CNc1ncc(Cl)c(NCC2(OC)CCOC2)n1. The Kier molecular flexibility index (Phi) is 4.21. The van der Waals surface area contributed by atoms with E-state index in [1.165, 1.54) is 0 Å². The highest BCUT2D eigenvalue weighted by atomic mass is 35.5. The van der Waals surface area contributed by atoms with E-state index < -0.39 is 0 Å². The second kappa shape index (κ2) is 5.69. The molecule has 1 saturated heterocycles. The maximum Gasteiger partial charge on any atom is 0.224 e. The highest BCUT2D eigenvalue weighted by Gasteiger charge is 2.34. The molecule has 2 rings (SSSR count). The molecular formula is C11H17ClN4O2. The Labute approximate surface area is 111 Å². The Morgan fingerprint density at radius 2 is 2.44 bits per heavy atom. The predicted octanol–water partition coefficient (Wildman–Crippen LogP) is 1.39. The van der Waals surface area contributed by atoms with Gasteiger partial charge in [0.15, 0.2) is 5.82 Å². The van der Waals surface area contributed by atoms with Gasteiger partial charge in [-0.05, 0) is 0 Å². The fourth-order valence-electron chi connectivity index (χ4n) is 1.82. The fourth-order valence-corrected chi connectivity index (χ4v) is 1.98. The van der Waals surface area contributed by atoms with Gasteiger partial charge in [-0.3, -0.25) is 0 Å². The summed E-state index contributed by atoms with van der Waals surface area (Å²) in [5.74, 6) is 1.12. The van der Waals surface area contributed by atoms with Crippen LogP contribution in [-0.4, -0.2) is 49.5 Å². The quantitative estimate of drug-likeness (QED) is 0.844. The van der Waals surface area contributed by atoms with Crippen molar-refractivity contribution in [3.05, 3.63) is 11.2 Å². The molecule has 1 aliphatic rings. The van der Waals surface area contributed by atoms with Gasteiger partial charge in [-0.25, -0.2) is 4.98 Å². The van der Waals surface area contributed by atoms with Crippen LogP contribution in [0.25, 0.3) is 0 Å². The first-order valence-electron chi connectivity index (χ1n) is 5.76. The molecule has 1 aromatic rings. The summed E-state index contributed by atoms with van der Waals surface area (Å²) in [6, 6.07) is 0. The Morgan fingerprint density at radius 1 is 1.61 bits per heavy atom. The second-order valence-electron chi connectivity index (χ2n) is 4.18. The first kappa shape index (κ1) is 13.3. The number of nitrogens with one attached hydrogen (secondary N) is 2. The average Bonchev–Trinajstić information content (AvgIpc) is 2.87. The molecule has 2 N–H and O–H groups in total. The molecule has 0 aromatic carbocycles. The minimum absolute atomic E-state index is 0.298. The lowest BCUT2D eigenvalue weighted by atomic mass is 10.0. The second-order valence-corrected chi connectivity index (χ2v) is 4.59. The van der Waals surface area contributed by atoms with E-state index in [1.54, 1.807) is 20.4 Å². The molecule has 1 atom stereocenters. The number of aromatic nitrogens is 2. The van der Waals surface area contributed by atoms with Crippen molar-refractivity contribution in [3.8, 4) is 0 Å². The van der Waals surface area contributed by atoms with Gasteiger partial charge < -0.3 is 20.1 Å². The first-order valence-corrected chi connectivity index (χ1v) is 6.14. The Balaban J connectivity index is 2.05. The normalized spacial score (nSPS) is 23.1. The molecule has 18 heavy (non-hydrogen) atoms. The number of hydrogen-bond acceptors (Lipinski definition) is 6. The van der Waals surface area contributed by atoms with E-state index >= 15 is 0 Å². The summed E-state index contributed by atoms with van der Waals surface area (Å²) in [4.78, 5) is 8.28. The molecule has 0 saturated carbocycles. The molecule has 0 spiro atoms. The summed E-state index contributed by atoms with van der Waals surface area (Å²) in [6.45, 7) is 1.90. The van der Waals surface area contributed by atoms with Crippen molar-refractivity contribution in [2.75, 3.05) is 44.5 Å². The van der Waals surface area contributed by atoms with E-state index in [9.17, 15) is 0 Å². The molecular weight excluding hydrogens is 256 g/mol. The third-order valence-electron chi connectivity index (χ3n) is 3.05. The van der Waals surface area contributed by atoms with Gasteiger partial charge in [-0.15, -0.1) is 0 Å². The number of nitrogens with zero attached hydrogens (tertiary/aromatic N) is 2. The molecule has 100 valence electrons.